The van der Waals surface area contributed by atoms with Crippen LogP contribution >= 0.6 is 11.8 Å². The normalized spacial score (nSPS) is 11.6. The Morgan fingerprint density at radius 2 is 2.33 bits per heavy atom. The number of nitrogens with zero attached hydrogens (tertiary/aromatic N) is 2. The zero-order chi connectivity index (χ0) is 13.5. The average molecular weight is 265 g/mol. The first-order valence-corrected chi connectivity index (χ1v) is 6.92. The number of hydrogen-bond acceptors (Lipinski definition) is 5. The number of nitro benzene ring substituents is 1. The molecule has 0 fully saturated rings. The summed E-state index contributed by atoms with van der Waals surface area (Å²) in [5.41, 5.74) is 0.710. The topological polar surface area (TPSA) is 79.0 Å². The van der Waals surface area contributed by atoms with E-state index < -0.39 is 4.92 Å². The maximum atomic E-state index is 10.9. The Morgan fingerprint density at radius 3 is 2.89 bits per heavy atom. The molecule has 96 valence electrons. The van der Waals surface area contributed by atoms with Crippen molar-refractivity contribution in [3.8, 4) is 6.07 Å². The van der Waals surface area contributed by atoms with E-state index in [2.05, 4.69) is 5.32 Å². The minimum absolute atomic E-state index is 0.0509. The minimum atomic E-state index is -0.468. The second-order valence-corrected chi connectivity index (χ2v) is 4.91. The van der Waals surface area contributed by atoms with Crippen LogP contribution in [0.15, 0.2) is 18.2 Å². The van der Waals surface area contributed by atoms with Crippen molar-refractivity contribution in [1.29, 1.82) is 5.26 Å². The standard InChI is InChI=1S/C12H15N3O2S/c1-9(5-6-18-2)14-11-4-3-10(8-13)7-12(11)15(16)17/h3-4,7,9,14H,5-6H2,1-2H3. The minimum Gasteiger partial charge on any atom is -0.377 e. The van der Waals surface area contributed by atoms with Crippen LogP contribution in [0.5, 0.6) is 0 Å². The van der Waals surface area contributed by atoms with Crippen LogP contribution in [0.3, 0.4) is 0 Å². The molecule has 0 radical (unpaired) electrons. The summed E-state index contributed by atoms with van der Waals surface area (Å²) >= 11 is 1.74. The van der Waals surface area contributed by atoms with Gasteiger partial charge in [-0.25, -0.2) is 0 Å². The zero-order valence-corrected chi connectivity index (χ0v) is 11.2. The first-order chi connectivity index (χ1) is 8.58. The highest BCUT2D eigenvalue weighted by molar-refractivity contribution is 7.98. The van der Waals surface area contributed by atoms with E-state index >= 15 is 0 Å². The molecule has 0 saturated carbocycles. The van der Waals surface area contributed by atoms with Gasteiger partial charge in [0.1, 0.15) is 5.69 Å². The lowest BCUT2D eigenvalue weighted by atomic mass is 10.1. The quantitative estimate of drug-likeness (QED) is 0.631. The van der Waals surface area contributed by atoms with E-state index in [1.807, 2.05) is 19.2 Å². The Kier molecular flexibility index (Phi) is 5.46. The Hall–Kier alpha value is -1.74. The fraction of sp³-hybridized carbons (Fsp3) is 0.417. The van der Waals surface area contributed by atoms with Gasteiger partial charge in [-0.1, -0.05) is 0 Å². The van der Waals surface area contributed by atoms with Crippen molar-refractivity contribution in [2.45, 2.75) is 19.4 Å². The highest BCUT2D eigenvalue weighted by Crippen LogP contribution is 2.26. The molecule has 6 heteroatoms. The van der Waals surface area contributed by atoms with E-state index in [0.717, 1.165) is 12.2 Å². The second kappa shape index (κ2) is 6.87. The third-order valence-electron chi connectivity index (χ3n) is 2.48. The Balaban J connectivity index is 2.88. The molecular weight excluding hydrogens is 250 g/mol. The third kappa shape index (κ3) is 3.93. The molecule has 0 spiro atoms. The van der Waals surface area contributed by atoms with Crippen LogP contribution in [-0.2, 0) is 0 Å². The number of hydrogen-bond donors (Lipinski definition) is 1. The average Bonchev–Trinajstić information content (AvgIpc) is 2.36. The summed E-state index contributed by atoms with van der Waals surface area (Å²) in [7, 11) is 0. The lowest BCUT2D eigenvalue weighted by molar-refractivity contribution is -0.384. The molecule has 1 aromatic carbocycles. The summed E-state index contributed by atoms with van der Waals surface area (Å²) in [6.07, 6.45) is 2.95. The van der Waals surface area contributed by atoms with E-state index in [9.17, 15) is 10.1 Å². The first-order valence-electron chi connectivity index (χ1n) is 5.52. The summed E-state index contributed by atoms with van der Waals surface area (Å²) in [5, 5.41) is 22.8. The predicted octanol–water partition coefficient (Wildman–Crippen LogP) is 3.02. The van der Waals surface area contributed by atoms with Crippen molar-refractivity contribution in [2.75, 3.05) is 17.3 Å². The third-order valence-corrected chi connectivity index (χ3v) is 3.12. The molecule has 0 saturated heterocycles. The van der Waals surface area contributed by atoms with E-state index in [1.54, 1.807) is 23.9 Å². The van der Waals surface area contributed by atoms with E-state index in [0.29, 0.717) is 11.3 Å². The molecule has 0 aliphatic carbocycles. The van der Waals surface area contributed by atoms with Crippen molar-refractivity contribution in [3.63, 3.8) is 0 Å². The van der Waals surface area contributed by atoms with Crippen molar-refractivity contribution < 1.29 is 4.92 Å². The van der Waals surface area contributed by atoms with Gasteiger partial charge in [0.05, 0.1) is 16.6 Å². The molecular formula is C12H15N3O2S. The van der Waals surface area contributed by atoms with Crippen LogP contribution in [0.1, 0.15) is 18.9 Å². The number of nitrogens with one attached hydrogen (secondary N) is 1. The van der Waals surface area contributed by atoms with Gasteiger partial charge in [-0.05, 0) is 37.5 Å². The van der Waals surface area contributed by atoms with Gasteiger partial charge < -0.3 is 5.32 Å². The van der Waals surface area contributed by atoms with Crippen LogP contribution < -0.4 is 5.32 Å². The van der Waals surface area contributed by atoms with Crippen molar-refractivity contribution >= 4 is 23.1 Å². The first kappa shape index (κ1) is 14.3. The molecule has 1 rings (SSSR count). The molecule has 0 heterocycles. The van der Waals surface area contributed by atoms with Crippen LogP contribution in [0.25, 0.3) is 0 Å². The lowest BCUT2D eigenvalue weighted by Gasteiger charge is -2.14. The molecule has 0 aliphatic rings. The van der Waals surface area contributed by atoms with Gasteiger partial charge in [-0.15, -0.1) is 0 Å². The van der Waals surface area contributed by atoms with E-state index in [-0.39, 0.29) is 11.7 Å². The maximum Gasteiger partial charge on any atom is 0.293 e. The molecule has 0 amide bonds. The summed E-state index contributed by atoms with van der Waals surface area (Å²) < 4.78 is 0. The zero-order valence-electron chi connectivity index (χ0n) is 10.3. The number of thioether (sulfide) groups is 1. The fourth-order valence-corrected chi connectivity index (χ4v) is 2.10. The smallest absolute Gasteiger partial charge is 0.293 e. The van der Waals surface area contributed by atoms with Crippen molar-refractivity contribution in [2.24, 2.45) is 0 Å². The van der Waals surface area contributed by atoms with Gasteiger partial charge in [0.25, 0.3) is 5.69 Å². The maximum absolute atomic E-state index is 10.9. The van der Waals surface area contributed by atoms with Crippen LogP contribution in [0, 0.1) is 21.4 Å². The highest BCUT2D eigenvalue weighted by Gasteiger charge is 2.16. The largest absolute Gasteiger partial charge is 0.377 e. The van der Waals surface area contributed by atoms with Crippen molar-refractivity contribution in [3.05, 3.63) is 33.9 Å². The van der Waals surface area contributed by atoms with Crippen LogP contribution in [0.2, 0.25) is 0 Å². The summed E-state index contributed by atoms with van der Waals surface area (Å²) in [6.45, 7) is 1.98. The fourth-order valence-electron chi connectivity index (χ4n) is 1.51. The molecule has 1 atom stereocenters. The number of nitriles is 1. The van der Waals surface area contributed by atoms with Gasteiger partial charge in [0, 0.05) is 12.1 Å². The molecule has 0 aromatic heterocycles. The van der Waals surface area contributed by atoms with Crippen LogP contribution in [0.4, 0.5) is 11.4 Å². The molecule has 1 N–H and O–H groups in total. The van der Waals surface area contributed by atoms with E-state index in [4.69, 9.17) is 5.26 Å². The highest BCUT2D eigenvalue weighted by atomic mass is 32.2. The van der Waals surface area contributed by atoms with Gasteiger partial charge in [-0.3, -0.25) is 10.1 Å². The Bertz CT molecular complexity index is 471. The summed E-state index contributed by atoms with van der Waals surface area (Å²) in [4.78, 5) is 10.5. The number of nitro groups is 1. The van der Waals surface area contributed by atoms with Crippen LogP contribution in [-0.4, -0.2) is 23.0 Å². The monoisotopic (exact) mass is 265 g/mol. The Morgan fingerprint density at radius 1 is 1.61 bits per heavy atom. The number of anilines is 1. The van der Waals surface area contributed by atoms with Gasteiger partial charge in [0.15, 0.2) is 0 Å². The van der Waals surface area contributed by atoms with Gasteiger partial charge >= 0.3 is 0 Å². The Labute approximate surface area is 110 Å². The van der Waals surface area contributed by atoms with E-state index in [1.165, 1.54) is 6.07 Å². The summed E-state index contributed by atoms with van der Waals surface area (Å²) in [6, 6.07) is 6.52. The van der Waals surface area contributed by atoms with Crippen molar-refractivity contribution in [1.82, 2.24) is 0 Å². The van der Waals surface area contributed by atoms with Gasteiger partial charge in [0.2, 0.25) is 0 Å². The molecule has 5 nitrogen and oxygen atoms in total. The number of rotatable bonds is 6. The molecule has 1 unspecified atom stereocenters. The predicted molar refractivity (Wildman–Crippen MR) is 73.9 cm³/mol. The number of benzene rings is 1. The molecule has 1 aromatic rings. The SMILES string of the molecule is CSCCC(C)Nc1ccc(C#N)cc1[N+](=O)[O-]. The summed E-state index contributed by atoms with van der Waals surface area (Å²) in [5.74, 6) is 0.998. The molecule has 0 bridgehead atoms. The molecule has 0 aliphatic heterocycles. The molecule has 18 heavy (non-hydrogen) atoms. The lowest BCUT2D eigenvalue weighted by Crippen LogP contribution is -2.16. The van der Waals surface area contributed by atoms with Gasteiger partial charge in [-0.2, -0.15) is 17.0 Å². The second-order valence-electron chi connectivity index (χ2n) is 3.93.